The van der Waals surface area contributed by atoms with E-state index in [9.17, 15) is 14.4 Å². The van der Waals surface area contributed by atoms with Crippen LogP contribution in [0.5, 0.6) is 0 Å². The van der Waals surface area contributed by atoms with E-state index in [1.54, 1.807) is 25.7 Å². The predicted octanol–water partition coefficient (Wildman–Crippen LogP) is 6.78. The summed E-state index contributed by atoms with van der Waals surface area (Å²) in [6.45, 7) is 19.4. The second kappa shape index (κ2) is 13.6. The number of benzene rings is 2. The van der Waals surface area contributed by atoms with Crippen LogP contribution in [0.1, 0.15) is 88.2 Å². The van der Waals surface area contributed by atoms with Crippen molar-refractivity contribution >= 4 is 23.6 Å². The van der Waals surface area contributed by atoms with Crippen LogP contribution in [0.3, 0.4) is 0 Å². The molecule has 2 N–H and O–H groups in total. The van der Waals surface area contributed by atoms with Gasteiger partial charge < -0.3 is 20.3 Å². The van der Waals surface area contributed by atoms with Crippen LogP contribution in [0.4, 0.5) is 10.5 Å². The highest BCUT2D eigenvalue weighted by Crippen LogP contribution is 2.29. The zero-order valence-corrected chi connectivity index (χ0v) is 25.4. The molecule has 0 heterocycles. The van der Waals surface area contributed by atoms with Crippen molar-refractivity contribution in [3.05, 3.63) is 64.2 Å². The van der Waals surface area contributed by atoms with Gasteiger partial charge in [0.05, 0.1) is 0 Å². The van der Waals surface area contributed by atoms with Crippen LogP contribution in [-0.2, 0) is 14.3 Å². The van der Waals surface area contributed by atoms with Gasteiger partial charge in [-0.3, -0.25) is 9.59 Å². The number of hydrogen-bond acceptors (Lipinski definition) is 4. The highest BCUT2D eigenvalue weighted by Gasteiger charge is 2.37. The number of unbranched alkanes of at least 4 members (excludes halogenated alkanes) is 1. The van der Waals surface area contributed by atoms with Gasteiger partial charge in [-0.15, -0.1) is 0 Å². The van der Waals surface area contributed by atoms with Gasteiger partial charge in [0.15, 0.2) is 0 Å². The number of alkyl carbamates (subject to hydrolysis) is 1. The molecule has 0 aliphatic heterocycles. The second-order valence-corrected chi connectivity index (χ2v) is 11.8. The number of para-hydroxylation sites is 1. The first-order valence-corrected chi connectivity index (χ1v) is 13.9. The van der Waals surface area contributed by atoms with Gasteiger partial charge in [-0.25, -0.2) is 4.79 Å². The van der Waals surface area contributed by atoms with Crippen molar-refractivity contribution in [1.82, 2.24) is 10.2 Å². The Hall–Kier alpha value is -3.35. The third-order valence-electron chi connectivity index (χ3n) is 6.78. The molecule has 0 saturated carbocycles. The molecule has 2 unspecified atom stereocenters. The summed E-state index contributed by atoms with van der Waals surface area (Å²) in [7, 11) is 0. The Balaban J connectivity index is 2.59. The molecule has 0 bridgehead atoms. The van der Waals surface area contributed by atoms with E-state index in [2.05, 4.69) is 10.6 Å². The molecule has 214 valence electrons. The molecule has 0 saturated heterocycles. The minimum absolute atomic E-state index is 0.226. The highest BCUT2D eigenvalue weighted by molar-refractivity contribution is 6.00. The van der Waals surface area contributed by atoms with Crippen LogP contribution in [0.2, 0.25) is 0 Å². The molecular formula is C32H47N3O4. The van der Waals surface area contributed by atoms with Gasteiger partial charge in [0, 0.05) is 12.2 Å². The van der Waals surface area contributed by atoms with E-state index in [-0.39, 0.29) is 17.7 Å². The lowest BCUT2D eigenvalue weighted by molar-refractivity contribution is -0.141. The fraction of sp³-hybridized carbons (Fsp3) is 0.531. The zero-order chi connectivity index (χ0) is 29.5. The quantitative estimate of drug-likeness (QED) is 0.350. The molecule has 7 nitrogen and oxygen atoms in total. The summed E-state index contributed by atoms with van der Waals surface area (Å²) in [5.41, 5.74) is 4.79. The molecular weight excluding hydrogens is 490 g/mol. The molecule has 0 fully saturated rings. The van der Waals surface area contributed by atoms with Gasteiger partial charge in [0.2, 0.25) is 5.91 Å². The number of ether oxygens (including phenoxy) is 1. The molecule has 2 aromatic carbocycles. The number of carbonyl (C=O) groups excluding carboxylic acids is 3. The van der Waals surface area contributed by atoms with Crippen LogP contribution in [0.25, 0.3) is 0 Å². The maximum atomic E-state index is 14.2. The first-order chi connectivity index (χ1) is 18.2. The Morgan fingerprint density at radius 2 is 1.54 bits per heavy atom. The number of rotatable bonds is 10. The summed E-state index contributed by atoms with van der Waals surface area (Å²) in [6, 6.07) is 9.97. The summed E-state index contributed by atoms with van der Waals surface area (Å²) in [5, 5.41) is 5.90. The summed E-state index contributed by atoms with van der Waals surface area (Å²) in [6.07, 6.45) is 0.891. The minimum Gasteiger partial charge on any atom is -0.444 e. The third-order valence-corrected chi connectivity index (χ3v) is 6.78. The SMILES string of the molecule is CCCCN(C(=O)C(NC(=O)OC(C)(C)C)C(C)C)C(C(=O)Nc1c(C)cccc1C)c1ccc(C)c(C)c1. The van der Waals surface area contributed by atoms with Crippen LogP contribution >= 0.6 is 0 Å². The smallest absolute Gasteiger partial charge is 0.408 e. The second-order valence-electron chi connectivity index (χ2n) is 11.8. The first-order valence-electron chi connectivity index (χ1n) is 13.9. The Labute approximate surface area is 234 Å². The normalized spacial score (nSPS) is 13.0. The van der Waals surface area contributed by atoms with Gasteiger partial charge in [0.1, 0.15) is 17.7 Å². The number of amides is 3. The molecule has 2 atom stereocenters. The van der Waals surface area contributed by atoms with E-state index < -0.39 is 23.8 Å². The van der Waals surface area contributed by atoms with E-state index in [4.69, 9.17) is 4.74 Å². The summed E-state index contributed by atoms with van der Waals surface area (Å²) in [5.74, 6) is -0.833. The number of nitrogens with one attached hydrogen (secondary N) is 2. The molecule has 2 aromatic rings. The van der Waals surface area contributed by atoms with Crippen molar-refractivity contribution in [1.29, 1.82) is 0 Å². The van der Waals surface area contributed by atoms with Crippen molar-refractivity contribution in [3.63, 3.8) is 0 Å². The Bertz CT molecular complexity index is 1150. The topological polar surface area (TPSA) is 87.7 Å². The van der Waals surface area contributed by atoms with E-state index >= 15 is 0 Å². The molecule has 3 amide bonds. The average Bonchev–Trinajstić information content (AvgIpc) is 2.82. The predicted molar refractivity (Wildman–Crippen MR) is 158 cm³/mol. The van der Waals surface area contributed by atoms with Crippen LogP contribution in [-0.4, -0.2) is 41.0 Å². The van der Waals surface area contributed by atoms with E-state index in [1.807, 2.05) is 84.9 Å². The number of anilines is 1. The molecule has 0 radical (unpaired) electrons. The molecule has 0 aliphatic rings. The van der Waals surface area contributed by atoms with Gasteiger partial charge in [-0.1, -0.05) is 63.6 Å². The van der Waals surface area contributed by atoms with Crippen LogP contribution in [0.15, 0.2) is 36.4 Å². The maximum absolute atomic E-state index is 14.2. The molecule has 0 aliphatic carbocycles. The standard InChI is InChI=1S/C32H47N3O4/c1-11-12-18-35(30(37)26(20(2)3)34-31(38)39-32(8,9)10)28(25-17-16-21(4)24(7)19-25)29(36)33-27-22(5)14-13-15-23(27)6/h13-17,19-20,26,28H,11-12,18H2,1-10H3,(H,33,36)(H,34,38). The number of carbonyl (C=O) groups is 3. The largest absolute Gasteiger partial charge is 0.444 e. The molecule has 0 spiro atoms. The Morgan fingerprint density at radius 1 is 0.923 bits per heavy atom. The average molecular weight is 538 g/mol. The van der Waals surface area contributed by atoms with Crippen molar-refractivity contribution in [2.45, 2.75) is 99.8 Å². The molecule has 2 rings (SSSR count). The molecule has 0 aromatic heterocycles. The number of aryl methyl sites for hydroxylation is 4. The summed E-state index contributed by atoms with van der Waals surface area (Å²) >= 11 is 0. The number of nitrogens with zero attached hydrogens (tertiary/aromatic N) is 1. The maximum Gasteiger partial charge on any atom is 0.408 e. The summed E-state index contributed by atoms with van der Waals surface area (Å²) in [4.78, 5) is 42.7. The Morgan fingerprint density at radius 3 is 2.05 bits per heavy atom. The van der Waals surface area contributed by atoms with Crippen molar-refractivity contribution in [2.24, 2.45) is 5.92 Å². The van der Waals surface area contributed by atoms with Crippen molar-refractivity contribution in [2.75, 3.05) is 11.9 Å². The van der Waals surface area contributed by atoms with E-state index in [0.717, 1.165) is 39.9 Å². The monoisotopic (exact) mass is 537 g/mol. The zero-order valence-electron chi connectivity index (χ0n) is 25.4. The van der Waals surface area contributed by atoms with Gasteiger partial charge >= 0.3 is 6.09 Å². The first kappa shape index (κ1) is 31.9. The lowest BCUT2D eigenvalue weighted by Crippen LogP contribution is -2.54. The number of hydrogen-bond donors (Lipinski definition) is 2. The minimum atomic E-state index is -0.885. The fourth-order valence-corrected chi connectivity index (χ4v) is 4.43. The third kappa shape index (κ3) is 8.84. The van der Waals surface area contributed by atoms with E-state index in [1.165, 1.54) is 0 Å². The lowest BCUT2D eigenvalue weighted by Gasteiger charge is -2.36. The van der Waals surface area contributed by atoms with Gasteiger partial charge in [0.25, 0.3) is 5.91 Å². The lowest BCUT2D eigenvalue weighted by atomic mass is 9.96. The highest BCUT2D eigenvalue weighted by atomic mass is 16.6. The van der Waals surface area contributed by atoms with Crippen LogP contribution < -0.4 is 10.6 Å². The van der Waals surface area contributed by atoms with Crippen LogP contribution in [0, 0.1) is 33.6 Å². The summed E-state index contributed by atoms with van der Waals surface area (Å²) < 4.78 is 5.46. The molecule has 39 heavy (non-hydrogen) atoms. The van der Waals surface area contributed by atoms with Gasteiger partial charge in [-0.2, -0.15) is 0 Å². The van der Waals surface area contributed by atoms with Gasteiger partial charge in [-0.05, 0) is 88.6 Å². The van der Waals surface area contributed by atoms with Crippen molar-refractivity contribution in [3.8, 4) is 0 Å². The van der Waals surface area contributed by atoms with Crippen molar-refractivity contribution < 1.29 is 19.1 Å². The fourth-order valence-electron chi connectivity index (χ4n) is 4.43. The van der Waals surface area contributed by atoms with E-state index in [0.29, 0.717) is 13.0 Å². The molecule has 7 heteroatoms. The Kier molecular flexibility index (Phi) is 11.1.